The first-order chi connectivity index (χ1) is 12.8. The summed E-state index contributed by atoms with van der Waals surface area (Å²) in [5.74, 6) is 0.208. The molecule has 0 saturated carbocycles. The van der Waals surface area contributed by atoms with Crippen molar-refractivity contribution in [1.82, 2.24) is 14.3 Å². The van der Waals surface area contributed by atoms with Crippen LogP contribution in [-0.4, -0.2) is 18.0 Å². The Hall–Kier alpha value is -2.51. The number of hydrogen-bond donors (Lipinski definition) is 1. The first-order valence-electron chi connectivity index (χ1n) is 8.63. The lowest BCUT2D eigenvalue weighted by Crippen LogP contribution is -2.31. The van der Waals surface area contributed by atoms with Crippen LogP contribution in [0.4, 0.5) is 4.39 Å². The maximum Gasteiger partial charge on any atom is 0.241 e. The number of aryl methyl sites for hydroxylation is 1. The minimum Gasteiger partial charge on any atom is -0.336 e. The third-order valence-corrected chi connectivity index (χ3v) is 5.90. The molecule has 1 heterocycles. The minimum atomic E-state index is -3.88. The van der Waals surface area contributed by atoms with Crippen LogP contribution < -0.4 is 4.72 Å². The predicted molar refractivity (Wildman–Crippen MR) is 102 cm³/mol. The van der Waals surface area contributed by atoms with Gasteiger partial charge < -0.3 is 4.57 Å². The molecule has 1 atom stereocenters. The number of nitrogens with zero attached hydrogens (tertiary/aromatic N) is 2. The molecule has 0 amide bonds. The van der Waals surface area contributed by atoms with E-state index in [1.165, 1.54) is 6.07 Å². The third kappa shape index (κ3) is 4.09. The Morgan fingerprint density at radius 1 is 1.07 bits per heavy atom. The lowest BCUT2D eigenvalue weighted by molar-refractivity contribution is 0.545. The summed E-state index contributed by atoms with van der Waals surface area (Å²) in [6.45, 7) is 4.08. The molecule has 0 spiro atoms. The second kappa shape index (κ2) is 7.62. The summed E-state index contributed by atoms with van der Waals surface area (Å²) < 4.78 is 44.6. The van der Waals surface area contributed by atoms with Gasteiger partial charge in [0.05, 0.1) is 4.90 Å². The first kappa shape index (κ1) is 19.3. The highest BCUT2D eigenvalue weighted by Crippen LogP contribution is 2.26. The number of sulfonamides is 1. The summed E-state index contributed by atoms with van der Waals surface area (Å²) in [7, 11) is -2.14. The Bertz CT molecular complexity index is 1030. The lowest BCUT2D eigenvalue weighted by Gasteiger charge is -2.20. The van der Waals surface area contributed by atoms with E-state index in [-0.39, 0.29) is 10.5 Å². The first-order valence-corrected chi connectivity index (χ1v) is 10.1. The molecular formula is C20H22FN3O2S. The molecule has 0 radical (unpaired) electrons. The SMILES string of the molecule is CC(C)c1ccc(S(=O)(=O)N[C@@H](c2ccccc2F)c2nccn2C)cc1. The van der Waals surface area contributed by atoms with Gasteiger partial charge in [-0.3, -0.25) is 0 Å². The summed E-state index contributed by atoms with van der Waals surface area (Å²) in [5.41, 5.74) is 1.26. The van der Waals surface area contributed by atoms with Crippen LogP contribution >= 0.6 is 0 Å². The molecule has 0 aliphatic heterocycles. The van der Waals surface area contributed by atoms with E-state index < -0.39 is 21.9 Å². The van der Waals surface area contributed by atoms with E-state index in [0.29, 0.717) is 11.7 Å². The molecule has 0 saturated heterocycles. The van der Waals surface area contributed by atoms with Crippen molar-refractivity contribution < 1.29 is 12.8 Å². The van der Waals surface area contributed by atoms with E-state index in [1.54, 1.807) is 66.5 Å². The number of halogens is 1. The fraction of sp³-hybridized carbons (Fsp3) is 0.250. The second-order valence-electron chi connectivity index (χ2n) is 6.70. The summed E-state index contributed by atoms with van der Waals surface area (Å²) in [6.07, 6.45) is 3.24. The maximum atomic E-state index is 14.4. The van der Waals surface area contributed by atoms with E-state index in [2.05, 4.69) is 9.71 Å². The topological polar surface area (TPSA) is 64.0 Å². The van der Waals surface area contributed by atoms with Gasteiger partial charge >= 0.3 is 0 Å². The zero-order valence-electron chi connectivity index (χ0n) is 15.4. The highest BCUT2D eigenvalue weighted by Gasteiger charge is 2.27. The van der Waals surface area contributed by atoms with E-state index in [1.807, 2.05) is 13.8 Å². The molecule has 0 fully saturated rings. The van der Waals surface area contributed by atoms with Gasteiger partial charge in [0.15, 0.2) is 0 Å². The largest absolute Gasteiger partial charge is 0.336 e. The van der Waals surface area contributed by atoms with Gasteiger partial charge in [-0.05, 0) is 29.7 Å². The van der Waals surface area contributed by atoms with Gasteiger partial charge in [-0.1, -0.05) is 44.2 Å². The Balaban J connectivity index is 2.01. The number of rotatable bonds is 6. The summed E-state index contributed by atoms with van der Waals surface area (Å²) in [5, 5.41) is 0. The van der Waals surface area contributed by atoms with Crippen molar-refractivity contribution in [2.45, 2.75) is 30.7 Å². The number of hydrogen-bond acceptors (Lipinski definition) is 3. The van der Waals surface area contributed by atoms with Crippen LogP contribution in [-0.2, 0) is 17.1 Å². The number of imidazole rings is 1. The number of nitrogens with one attached hydrogen (secondary N) is 1. The molecule has 0 aliphatic rings. The molecule has 1 aromatic heterocycles. The summed E-state index contributed by atoms with van der Waals surface area (Å²) >= 11 is 0. The minimum absolute atomic E-state index is 0.127. The maximum absolute atomic E-state index is 14.4. The molecule has 7 heteroatoms. The zero-order chi connectivity index (χ0) is 19.6. The van der Waals surface area contributed by atoms with Crippen molar-refractivity contribution in [1.29, 1.82) is 0 Å². The Labute approximate surface area is 158 Å². The van der Waals surface area contributed by atoms with Gasteiger partial charge in [0.2, 0.25) is 10.0 Å². The Morgan fingerprint density at radius 2 is 1.74 bits per heavy atom. The standard InChI is InChI=1S/C20H22FN3O2S/c1-14(2)15-8-10-16(11-9-15)27(25,26)23-19(20-22-12-13-24(20)3)17-6-4-5-7-18(17)21/h4-14,19,23H,1-3H3/t19-/m0/s1. The van der Waals surface area contributed by atoms with Crippen LogP contribution in [0.2, 0.25) is 0 Å². The molecular weight excluding hydrogens is 365 g/mol. The van der Waals surface area contributed by atoms with Crippen LogP contribution in [0.3, 0.4) is 0 Å². The van der Waals surface area contributed by atoms with Gasteiger partial charge in [0.1, 0.15) is 17.7 Å². The Morgan fingerprint density at radius 3 is 2.30 bits per heavy atom. The van der Waals surface area contributed by atoms with Crippen molar-refractivity contribution >= 4 is 10.0 Å². The van der Waals surface area contributed by atoms with Crippen LogP contribution in [0.5, 0.6) is 0 Å². The van der Waals surface area contributed by atoms with Gasteiger partial charge in [-0.25, -0.2) is 17.8 Å². The monoisotopic (exact) mass is 387 g/mol. The summed E-state index contributed by atoms with van der Waals surface area (Å²) in [4.78, 5) is 4.35. The molecule has 3 aromatic rings. The molecule has 2 aromatic carbocycles. The molecule has 1 N–H and O–H groups in total. The van der Waals surface area contributed by atoms with Crippen LogP contribution in [0, 0.1) is 5.82 Å². The molecule has 5 nitrogen and oxygen atoms in total. The number of benzene rings is 2. The van der Waals surface area contributed by atoms with Crippen LogP contribution in [0.25, 0.3) is 0 Å². The fourth-order valence-corrected chi connectivity index (χ4v) is 4.05. The van der Waals surface area contributed by atoms with Gasteiger partial charge in [0.25, 0.3) is 0 Å². The van der Waals surface area contributed by atoms with E-state index in [4.69, 9.17) is 0 Å². The third-order valence-electron chi connectivity index (χ3n) is 4.46. The molecule has 0 aliphatic carbocycles. The van der Waals surface area contributed by atoms with E-state index in [0.717, 1.165) is 5.56 Å². The van der Waals surface area contributed by atoms with Gasteiger partial charge in [-0.2, -0.15) is 4.72 Å². The molecule has 27 heavy (non-hydrogen) atoms. The van der Waals surface area contributed by atoms with Crippen molar-refractivity contribution in [3.05, 3.63) is 83.7 Å². The van der Waals surface area contributed by atoms with Crippen molar-refractivity contribution in [3.8, 4) is 0 Å². The van der Waals surface area contributed by atoms with Crippen LogP contribution in [0.15, 0.2) is 65.8 Å². The fourth-order valence-electron chi connectivity index (χ4n) is 2.87. The lowest BCUT2D eigenvalue weighted by atomic mass is 10.0. The highest BCUT2D eigenvalue weighted by molar-refractivity contribution is 7.89. The molecule has 0 bridgehead atoms. The normalized spacial score (nSPS) is 13.1. The molecule has 142 valence electrons. The van der Waals surface area contributed by atoms with E-state index >= 15 is 0 Å². The smallest absolute Gasteiger partial charge is 0.241 e. The predicted octanol–water partition coefficient (Wildman–Crippen LogP) is 3.75. The highest BCUT2D eigenvalue weighted by atomic mass is 32.2. The second-order valence-corrected chi connectivity index (χ2v) is 8.41. The molecule has 3 rings (SSSR count). The quantitative estimate of drug-likeness (QED) is 0.701. The van der Waals surface area contributed by atoms with Crippen LogP contribution in [0.1, 0.15) is 42.8 Å². The van der Waals surface area contributed by atoms with Crippen molar-refractivity contribution in [3.63, 3.8) is 0 Å². The average Bonchev–Trinajstić information content (AvgIpc) is 3.06. The average molecular weight is 387 g/mol. The van der Waals surface area contributed by atoms with E-state index in [9.17, 15) is 12.8 Å². The van der Waals surface area contributed by atoms with Gasteiger partial charge in [0, 0.05) is 25.0 Å². The summed E-state index contributed by atoms with van der Waals surface area (Å²) in [6, 6.07) is 11.9. The number of aromatic nitrogens is 2. The zero-order valence-corrected chi connectivity index (χ0v) is 16.2. The Kier molecular flexibility index (Phi) is 5.43. The van der Waals surface area contributed by atoms with Crippen molar-refractivity contribution in [2.24, 2.45) is 7.05 Å². The molecule has 0 unspecified atom stereocenters. The van der Waals surface area contributed by atoms with Crippen molar-refractivity contribution in [2.75, 3.05) is 0 Å². The van der Waals surface area contributed by atoms with Gasteiger partial charge in [-0.15, -0.1) is 0 Å².